The monoisotopic (exact) mass is 686 g/mol. The first kappa shape index (κ1) is 34.2. The zero-order chi connectivity index (χ0) is 31.7. The van der Waals surface area contributed by atoms with Gasteiger partial charge in [-0.05, 0) is 0 Å². The van der Waals surface area contributed by atoms with Crippen molar-refractivity contribution in [3.8, 4) is 17.8 Å². The van der Waals surface area contributed by atoms with Crippen molar-refractivity contribution in [3.63, 3.8) is 0 Å². The van der Waals surface area contributed by atoms with E-state index in [0.29, 0.717) is 6.61 Å². The average molecular weight is 686 g/mol. The van der Waals surface area contributed by atoms with Crippen LogP contribution in [0.15, 0.2) is 78.9 Å². The molecule has 10 heteroatoms. The quantitative estimate of drug-likeness (QED) is 0.0721. The predicted octanol–water partition coefficient (Wildman–Crippen LogP) is 7.18. The van der Waals surface area contributed by atoms with Crippen molar-refractivity contribution in [3.05, 3.63) is 95.6 Å². The van der Waals surface area contributed by atoms with Crippen LogP contribution in [0.4, 0.5) is 0 Å². The average Bonchev–Trinajstić information content (AvgIpc) is 3.43. The third kappa shape index (κ3) is 7.58. The third-order valence-electron chi connectivity index (χ3n) is 7.73. The second-order valence-corrected chi connectivity index (χ2v) is 14.6. The summed E-state index contributed by atoms with van der Waals surface area (Å²) in [7, 11) is 1.68. The molecule has 236 valence electrons. The molecule has 0 aliphatic carbocycles. The van der Waals surface area contributed by atoms with Crippen LogP contribution in [0.2, 0.25) is 10.6 Å². The number of nitrogens with zero attached hydrogens (tertiary/aromatic N) is 2. The molecule has 4 atom stereocenters. The molecule has 1 fully saturated rings. The van der Waals surface area contributed by atoms with E-state index in [4.69, 9.17) is 28.0 Å². The van der Waals surface area contributed by atoms with Gasteiger partial charge in [0, 0.05) is 0 Å². The zero-order valence-corrected chi connectivity index (χ0v) is 29.1. The van der Waals surface area contributed by atoms with Crippen LogP contribution >= 0.6 is 8.53 Å². The van der Waals surface area contributed by atoms with Crippen LogP contribution < -0.4 is 9.47 Å². The van der Waals surface area contributed by atoms with Gasteiger partial charge in [-0.2, -0.15) is 0 Å². The van der Waals surface area contributed by atoms with Crippen molar-refractivity contribution >= 4 is 23.5 Å². The standard InChI is InChI=1S/C34H43N2O6PSe/c1-24(2)36(25(3)4)43(41-23-35)42-33-31(39-22-32(33)44-7)21-40-34(26-11-9-8-10-12-26,27-13-17-29(37-5)18-14-27)28-15-19-30(38-6)20-16-28/h8-20,24-25,31-33H,21-22H2,1-7H3/t31-,32-,33?,43?/m1/s1. The molecule has 4 rings (SSSR count). The number of hydrogen-bond donors (Lipinski definition) is 0. The summed E-state index contributed by atoms with van der Waals surface area (Å²) in [6, 6.07) is 26.4. The molecule has 0 spiro atoms. The molecule has 2 unspecified atom stereocenters. The summed E-state index contributed by atoms with van der Waals surface area (Å²) >= 11 is 0.246. The van der Waals surface area contributed by atoms with Crippen LogP contribution in [0.5, 0.6) is 11.5 Å². The third-order valence-corrected chi connectivity index (χ3v) is 11.8. The summed E-state index contributed by atoms with van der Waals surface area (Å²) in [4.78, 5) is 0.192. The van der Waals surface area contributed by atoms with Gasteiger partial charge in [-0.25, -0.2) is 0 Å². The Morgan fingerprint density at radius 1 is 0.886 bits per heavy atom. The SMILES string of the molecule is COc1ccc(C(OC[C@H]2OC[C@@H]([Se]C)C2OP(OC#N)N(C(C)C)C(C)C)(c2ccccc2)c2ccc(OC)cc2)cc1. The first-order valence-corrected chi connectivity index (χ1v) is 18.6. The van der Waals surface area contributed by atoms with E-state index >= 15 is 0 Å². The molecule has 8 nitrogen and oxygen atoms in total. The molecule has 3 aromatic carbocycles. The van der Waals surface area contributed by atoms with Crippen LogP contribution in [0.25, 0.3) is 0 Å². The van der Waals surface area contributed by atoms with Gasteiger partial charge < -0.3 is 0 Å². The Morgan fingerprint density at radius 2 is 1.41 bits per heavy atom. The van der Waals surface area contributed by atoms with E-state index < -0.39 is 14.1 Å². The van der Waals surface area contributed by atoms with Crippen molar-refractivity contribution in [1.29, 1.82) is 5.26 Å². The van der Waals surface area contributed by atoms with Gasteiger partial charge in [-0.1, -0.05) is 0 Å². The summed E-state index contributed by atoms with van der Waals surface area (Å²) in [5, 5.41) is 9.54. The number of hydrogen-bond acceptors (Lipinski definition) is 8. The van der Waals surface area contributed by atoms with Gasteiger partial charge in [-0.15, -0.1) is 0 Å². The van der Waals surface area contributed by atoms with Crippen molar-refractivity contribution < 1.29 is 28.0 Å². The molecule has 1 saturated heterocycles. The van der Waals surface area contributed by atoms with Gasteiger partial charge >= 0.3 is 270 Å². The first-order valence-electron chi connectivity index (χ1n) is 14.7. The molecular weight excluding hydrogens is 642 g/mol. The maximum absolute atomic E-state index is 9.54. The molecule has 3 aromatic rings. The van der Waals surface area contributed by atoms with E-state index in [-0.39, 0.29) is 50.7 Å². The van der Waals surface area contributed by atoms with Crippen LogP contribution in [0.3, 0.4) is 0 Å². The van der Waals surface area contributed by atoms with Crippen LogP contribution in [-0.4, -0.2) is 71.4 Å². The second-order valence-electron chi connectivity index (χ2n) is 11.0. The first-order chi connectivity index (χ1) is 21.3. The van der Waals surface area contributed by atoms with E-state index in [1.807, 2.05) is 73.0 Å². The van der Waals surface area contributed by atoms with Crippen molar-refractivity contribution in [2.45, 2.75) is 68.2 Å². The van der Waals surface area contributed by atoms with Gasteiger partial charge in [0.25, 0.3) is 0 Å². The van der Waals surface area contributed by atoms with Crippen molar-refractivity contribution in [2.24, 2.45) is 0 Å². The van der Waals surface area contributed by atoms with Gasteiger partial charge in [-0.3, -0.25) is 0 Å². The van der Waals surface area contributed by atoms with Crippen LogP contribution in [0, 0.1) is 11.5 Å². The summed E-state index contributed by atoms with van der Waals surface area (Å²) in [6.07, 6.45) is 1.24. The fourth-order valence-electron chi connectivity index (χ4n) is 5.65. The molecular formula is C34H43N2O6PSe. The fourth-order valence-corrected chi connectivity index (χ4v) is 8.89. The molecule has 0 radical (unpaired) electrons. The van der Waals surface area contributed by atoms with Crippen LogP contribution in [-0.2, 0) is 24.1 Å². The predicted molar refractivity (Wildman–Crippen MR) is 174 cm³/mol. The molecule has 0 aromatic heterocycles. The topological polar surface area (TPSA) is 82.4 Å². The zero-order valence-electron chi connectivity index (χ0n) is 26.5. The van der Waals surface area contributed by atoms with E-state index in [2.05, 4.69) is 50.3 Å². The Morgan fingerprint density at radius 3 is 1.86 bits per heavy atom. The minimum absolute atomic E-state index is 0.132. The Kier molecular flexibility index (Phi) is 12.5. The normalized spacial score (nSPS) is 19.2. The van der Waals surface area contributed by atoms with E-state index in [1.54, 1.807) is 14.2 Å². The fraction of sp³-hybridized carbons (Fsp3) is 0.441. The van der Waals surface area contributed by atoms with Gasteiger partial charge in [0.15, 0.2) is 0 Å². The van der Waals surface area contributed by atoms with E-state index in [9.17, 15) is 5.26 Å². The summed E-state index contributed by atoms with van der Waals surface area (Å²) in [6.45, 7) is 9.17. The molecule has 0 bridgehead atoms. The Hall–Kier alpha value is -2.66. The second kappa shape index (κ2) is 16.1. The van der Waals surface area contributed by atoms with Crippen LogP contribution in [0.1, 0.15) is 44.4 Å². The number of benzene rings is 3. The summed E-state index contributed by atoms with van der Waals surface area (Å²) in [5.74, 6) is 3.72. The Labute approximate surface area is 269 Å². The molecule has 1 aliphatic heterocycles. The molecule has 1 aliphatic rings. The number of nitriles is 1. The molecule has 0 saturated carbocycles. The van der Waals surface area contributed by atoms with Crippen molar-refractivity contribution in [2.75, 3.05) is 27.4 Å². The number of rotatable bonds is 15. The molecule has 0 N–H and O–H groups in total. The molecule has 0 amide bonds. The maximum atomic E-state index is 9.54. The van der Waals surface area contributed by atoms with Gasteiger partial charge in [0.1, 0.15) is 0 Å². The number of methoxy groups -OCH3 is 2. The van der Waals surface area contributed by atoms with Crippen molar-refractivity contribution in [1.82, 2.24) is 4.67 Å². The summed E-state index contributed by atoms with van der Waals surface area (Å²) < 4.78 is 38.9. The Bertz CT molecular complexity index is 1280. The van der Waals surface area contributed by atoms with E-state index in [1.165, 1.54) is 0 Å². The minimum atomic E-state index is -1.64. The Balaban J connectivity index is 1.76. The molecule has 44 heavy (non-hydrogen) atoms. The number of ether oxygens (including phenoxy) is 4. The molecule has 1 heterocycles. The van der Waals surface area contributed by atoms with E-state index in [0.717, 1.165) is 28.2 Å². The van der Waals surface area contributed by atoms with Gasteiger partial charge in [0.2, 0.25) is 0 Å². The van der Waals surface area contributed by atoms with Gasteiger partial charge in [0.05, 0.1) is 0 Å². The summed E-state index contributed by atoms with van der Waals surface area (Å²) in [5.41, 5.74) is 1.89.